The standard InChI is InChI=1S/C17H29N3O5/c1-3-4-11-25-17(23)20-10-9-19(12-14(20)16(22)24-2)15(21)13-5-7-18-8-6-13/h13-14,18H,3-12H2,1-2H3. The van der Waals surface area contributed by atoms with Gasteiger partial charge in [-0.2, -0.15) is 0 Å². The molecule has 2 aliphatic rings. The third-order valence-corrected chi connectivity index (χ3v) is 4.81. The fourth-order valence-electron chi connectivity index (χ4n) is 3.25. The Morgan fingerprint density at radius 3 is 2.52 bits per heavy atom. The fraction of sp³-hybridized carbons (Fsp3) is 0.824. The molecule has 1 unspecified atom stereocenters. The zero-order chi connectivity index (χ0) is 18.2. The average molecular weight is 355 g/mol. The van der Waals surface area contributed by atoms with E-state index in [1.165, 1.54) is 12.0 Å². The average Bonchev–Trinajstić information content (AvgIpc) is 2.67. The van der Waals surface area contributed by atoms with E-state index in [0.29, 0.717) is 13.2 Å². The lowest BCUT2D eigenvalue weighted by Gasteiger charge is -2.40. The number of nitrogens with one attached hydrogen (secondary N) is 1. The summed E-state index contributed by atoms with van der Waals surface area (Å²) in [7, 11) is 1.29. The Hall–Kier alpha value is -1.83. The van der Waals surface area contributed by atoms with Crippen LogP contribution in [0.25, 0.3) is 0 Å². The molecule has 0 aromatic heterocycles. The van der Waals surface area contributed by atoms with Gasteiger partial charge >= 0.3 is 12.1 Å². The number of hydrogen-bond donors (Lipinski definition) is 1. The first-order valence-electron chi connectivity index (χ1n) is 9.09. The third kappa shape index (κ3) is 5.07. The molecule has 2 aliphatic heterocycles. The van der Waals surface area contributed by atoms with Gasteiger partial charge in [-0.05, 0) is 32.4 Å². The van der Waals surface area contributed by atoms with Crippen molar-refractivity contribution < 1.29 is 23.9 Å². The predicted octanol–water partition coefficient (Wildman–Crippen LogP) is 0.609. The van der Waals surface area contributed by atoms with Gasteiger partial charge in [0.1, 0.15) is 0 Å². The Bertz CT molecular complexity index is 479. The number of esters is 1. The summed E-state index contributed by atoms with van der Waals surface area (Å²) in [6.07, 6.45) is 2.80. The van der Waals surface area contributed by atoms with E-state index in [1.807, 2.05) is 6.92 Å². The molecule has 2 heterocycles. The van der Waals surface area contributed by atoms with Crippen molar-refractivity contribution in [2.75, 3.05) is 46.4 Å². The van der Waals surface area contributed by atoms with Crippen LogP contribution in [0.5, 0.6) is 0 Å². The molecule has 1 atom stereocenters. The Morgan fingerprint density at radius 1 is 1.16 bits per heavy atom. The maximum atomic E-state index is 12.7. The number of unbranched alkanes of at least 4 members (excludes halogenated alkanes) is 1. The smallest absolute Gasteiger partial charge is 0.410 e. The highest BCUT2D eigenvalue weighted by Crippen LogP contribution is 2.20. The van der Waals surface area contributed by atoms with Gasteiger partial charge < -0.3 is 19.7 Å². The van der Waals surface area contributed by atoms with Crippen LogP contribution in [0.1, 0.15) is 32.6 Å². The molecule has 0 bridgehead atoms. The molecule has 2 amide bonds. The Kier molecular flexibility index (Phi) is 7.49. The SMILES string of the molecule is CCCCOC(=O)N1CCN(C(=O)C2CCNCC2)CC1C(=O)OC. The van der Waals surface area contributed by atoms with Crippen LogP contribution in [0.15, 0.2) is 0 Å². The van der Waals surface area contributed by atoms with Crippen LogP contribution < -0.4 is 5.32 Å². The van der Waals surface area contributed by atoms with Gasteiger partial charge in [-0.1, -0.05) is 13.3 Å². The van der Waals surface area contributed by atoms with Crippen LogP contribution in [0.4, 0.5) is 4.79 Å². The molecule has 1 N–H and O–H groups in total. The second-order valence-corrected chi connectivity index (χ2v) is 6.51. The van der Waals surface area contributed by atoms with E-state index >= 15 is 0 Å². The first-order valence-corrected chi connectivity index (χ1v) is 9.09. The quantitative estimate of drug-likeness (QED) is 0.574. The highest BCUT2D eigenvalue weighted by molar-refractivity contribution is 5.84. The number of nitrogens with zero attached hydrogens (tertiary/aromatic N) is 2. The summed E-state index contributed by atoms with van der Waals surface area (Å²) < 4.78 is 10.1. The molecule has 2 saturated heterocycles. The van der Waals surface area contributed by atoms with Crippen LogP contribution in [0.3, 0.4) is 0 Å². The molecule has 0 spiro atoms. The van der Waals surface area contributed by atoms with E-state index in [-0.39, 0.29) is 24.9 Å². The van der Waals surface area contributed by atoms with Gasteiger partial charge in [-0.15, -0.1) is 0 Å². The molecule has 2 fully saturated rings. The van der Waals surface area contributed by atoms with Crippen molar-refractivity contribution >= 4 is 18.0 Å². The topological polar surface area (TPSA) is 88.2 Å². The largest absolute Gasteiger partial charge is 0.467 e. The summed E-state index contributed by atoms with van der Waals surface area (Å²) in [4.78, 5) is 40.2. The minimum absolute atomic E-state index is 0.0115. The molecule has 8 nitrogen and oxygen atoms in total. The molecule has 142 valence electrons. The van der Waals surface area contributed by atoms with Crippen molar-refractivity contribution in [2.45, 2.75) is 38.6 Å². The number of ether oxygens (including phenoxy) is 2. The van der Waals surface area contributed by atoms with Gasteiger partial charge in [0.25, 0.3) is 0 Å². The molecular weight excluding hydrogens is 326 g/mol. The summed E-state index contributed by atoms with van der Waals surface area (Å²) in [5.41, 5.74) is 0. The monoisotopic (exact) mass is 355 g/mol. The summed E-state index contributed by atoms with van der Waals surface area (Å²) in [6.45, 7) is 4.87. The predicted molar refractivity (Wildman–Crippen MR) is 90.9 cm³/mol. The molecule has 0 radical (unpaired) electrons. The Labute approximate surface area is 148 Å². The lowest BCUT2D eigenvalue weighted by atomic mass is 9.96. The Morgan fingerprint density at radius 2 is 1.88 bits per heavy atom. The number of hydrogen-bond acceptors (Lipinski definition) is 6. The van der Waals surface area contributed by atoms with Crippen molar-refractivity contribution in [3.8, 4) is 0 Å². The van der Waals surface area contributed by atoms with E-state index in [2.05, 4.69) is 5.32 Å². The molecule has 25 heavy (non-hydrogen) atoms. The van der Waals surface area contributed by atoms with Crippen LogP contribution in [-0.4, -0.2) is 80.3 Å². The van der Waals surface area contributed by atoms with E-state index in [9.17, 15) is 14.4 Å². The normalized spacial score (nSPS) is 21.8. The van der Waals surface area contributed by atoms with Crippen LogP contribution >= 0.6 is 0 Å². The zero-order valence-corrected chi connectivity index (χ0v) is 15.2. The number of rotatable bonds is 5. The number of carbonyl (C=O) groups is 3. The van der Waals surface area contributed by atoms with E-state index in [4.69, 9.17) is 9.47 Å². The fourth-order valence-corrected chi connectivity index (χ4v) is 3.25. The Balaban J connectivity index is 1.99. The van der Waals surface area contributed by atoms with Gasteiger partial charge in [0, 0.05) is 19.0 Å². The van der Waals surface area contributed by atoms with Gasteiger partial charge in [0.2, 0.25) is 5.91 Å². The molecule has 0 aromatic rings. The molecule has 8 heteroatoms. The number of amides is 2. The van der Waals surface area contributed by atoms with Crippen LogP contribution in [0, 0.1) is 5.92 Å². The first-order chi connectivity index (χ1) is 12.1. The van der Waals surface area contributed by atoms with Gasteiger partial charge in [-0.3, -0.25) is 9.69 Å². The molecule has 0 saturated carbocycles. The van der Waals surface area contributed by atoms with Crippen molar-refractivity contribution in [3.05, 3.63) is 0 Å². The van der Waals surface area contributed by atoms with Gasteiger partial charge in [0.15, 0.2) is 6.04 Å². The van der Waals surface area contributed by atoms with Crippen LogP contribution in [0.2, 0.25) is 0 Å². The number of carbonyl (C=O) groups excluding carboxylic acids is 3. The molecular formula is C17H29N3O5. The third-order valence-electron chi connectivity index (χ3n) is 4.81. The minimum Gasteiger partial charge on any atom is -0.467 e. The van der Waals surface area contributed by atoms with Gasteiger partial charge in [0.05, 0.1) is 20.3 Å². The zero-order valence-electron chi connectivity index (χ0n) is 15.2. The summed E-state index contributed by atoms with van der Waals surface area (Å²) in [6, 6.07) is -0.807. The van der Waals surface area contributed by atoms with Gasteiger partial charge in [-0.25, -0.2) is 9.59 Å². The number of piperidine rings is 1. The number of methoxy groups -OCH3 is 1. The lowest BCUT2D eigenvalue weighted by Crippen LogP contribution is -2.60. The van der Waals surface area contributed by atoms with Crippen LogP contribution in [-0.2, 0) is 19.1 Å². The second kappa shape index (κ2) is 9.60. The second-order valence-electron chi connectivity index (χ2n) is 6.51. The van der Waals surface area contributed by atoms with E-state index in [0.717, 1.165) is 38.8 Å². The molecule has 2 rings (SSSR count). The highest BCUT2D eigenvalue weighted by Gasteiger charge is 2.39. The van der Waals surface area contributed by atoms with Crippen molar-refractivity contribution in [3.63, 3.8) is 0 Å². The molecule has 0 aliphatic carbocycles. The maximum Gasteiger partial charge on any atom is 0.410 e. The van der Waals surface area contributed by atoms with E-state index in [1.54, 1.807) is 4.90 Å². The highest BCUT2D eigenvalue weighted by atomic mass is 16.6. The van der Waals surface area contributed by atoms with E-state index < -0.39 is 18.1 Å². The summed E-state index contributed by atoms with van der Waals surface area (Å²) in [5.74, 6) is -0.466. The number of piperazine rings is 1. The van der Waals surface area contributed by atoms with Crippen molar-refractivity contribution in [1.82, 2.24) is 15.1 Å². The molecule has 0 aromatic carbocycles. The lowest BCUT2D eigenvalue weighted by molar-refractivity contribution is -0.152. The van der Waals surface area contributed by atoms with Crippen molar-refractivity contribution in [1.29, 1.82) is 0 Å². The first kappa shape index (κ1) is 19.5. The summed E-state index contributed by atoms with van der Waals surface area (Å²) in [5, 5.41) is 3.24. The van der Waals surface area contributed by atoms with Crippen molar-refractivity contribution in [2.24, 2.45) is 5.92 Å². The minimum atomic E-state index is -0.807. The maximum absolute atomic E-state index is 12.7. The summed E-state index contributed by atoms with van der Waals surface area (Å²) >= 11 is 0.